The number of nitrogens with one attached hydrogen (secondary N) is 1. The Morgan fingerprint density at radius 3 is 2.38 bits per heavy atom. The zero-order valence-corrected chi connectivity index (χ0v) is 17.8. The molecule has 2 aromatic carbocycles. The summed E-state index contributed by atoms with van der Waals surface area (Å²) in [5, 5.41) is 3.02. The number of carbonyl (C=O) groups excluding carboxylic acids is 1. The average Bonchev–Trinajstić information content (AvgIpc) is 3.09. The third-order valence-electron chi connectivity index (χ3n) is 4.27. The maximum atomic E-state index is 13.0. The van der Waals surface area contributed by atoms with Crippen LogP contribution in [0.25, 0.3) is 10.2 Å². The van der Waals surface area contributed by atoms with E-state index < -0.39 is 21.7 Å². The molecular formula is C20H22FN3O3S2. The Bertz CT molecular complexity index is 1110. The summed E-state index contributed by atoms with van der Waals surface area (Å²) in [6, 6.07) is 9.97. The number of sulfonamides is 1. The maximum Gasteiger partial charge on any atom is 0.257 e. The number of halogens is 1. The van der Waals surface area contributed by atoms with E-state index in [0.717, 1.165) is 12.8 Å². The first-order chi connectivity index (χ1) is 13.8. The summed E-state index contributed by atoms with van der Waals surface area (Å²) in [7, 11) is -3.59. The molecular weight excluding hydrogens is 413 g/mol. The van der Waals surface area contributed by atoms with Gasteiger partial charge >= 0.3 is 0 Å². The van der Waals surface area contributed by atoms with Gasteiger partial charge in [0.15, 0.2) is 5.13 Å². The van der Waals surface area contributed by atoms with Crippen LogP contribution in [0.15, 0.2) is 47.4 Å². The van der Waals surface area contributed by atoms with Crippen LogP contribution in [0.3, 0.4) is 0 Å². The van der Waals surface area contributed by atoms with Crippen molar-refractivity contribution >= 4 is 42.6 Å². The molecule has 0 aliphatic carbocycles. The first-order valence-corrected chi connectivity index (χ1v) is 11.6. The number of thiazole rings is 1. The molecule has 29 heavy (non-hydrogen) atoms. The van der Waals surface area contributed by atoms with Gasteiger partial charge in [0.05, 0.1) is 15.1 Å². The Morgan fingerprint density at radius 2 is 1.76 bits per heavy atom. The normalized spacial score (nSPS) is 11.9. The number of aromatic nitrogens is 1. The van der Waals surface area contributed by atoms with E-state index in [1.54, 1.807) is 18.2 Å². The molecule has 1 amide bonds. The quantitative estimate of drug-likeness (QED) is 0.565. The number of benzene rings is 2. The van der Waals surface area contributed by atoms with E-state index in [4.69, 9.17) is 0 Å². The lowest BCUT2D eigenvalue weighted by Crippen LogP contribution is -2.32. The van der Waals surface area contributed by atoms with Crippen LogP contribution in [-0.4, -0.2) is 36.7 Å². The highest BCUT2D eigenvalue weighted by Crippen LogP contribution is 2.29. The molecule has 0 fully saturated rings. The zero-order valence-electron chi connectivity index (χ0n) is 16.2. The lowest BCUT2D eigenvalue weighted by molar-refractivity contribution is 0.102. The number of anilines is 1. The fourth-order valence-electron chi connectivity index (χ4n) is 2.89. The van der Waals surface area contributed by atoms with Crippen LogP contribution >= 0.6 is 11.3 Å². The van der Waals surface area contributed by atoms with Gasteiger partial charge in [-0.1, -0.05) is 25.2 Å². The van der Waals surface area contributed by atoms with Gasteiger partial charge in [-0.2, -0.15) is 4.31 Å². The lowest BCUT2D eigenvalue weighted by atomic mass is 10.2. The van der Waals surface area contributed by atoms with Gasteiger partial charge < -0.3 is 0 Å². The van der Waals surface area contributed by atoms with Crippen molar-refractivity contribution in [3.8, 4) is 0 Å². The Kier molecular flexibility index (Phi) is 6.61. The molecule has 0 saturated carbocycles. The maximum absolute atomic E-state index is 13.0. The van der Waals surface area contributed by atoms with Crippen molar-refractivity contribution in [1.82, 2.24) is 9.29 Å². The molecule has 0 atom stereocenters. The van der Waals surface area contributed by atoms with Gasteiger partial charge in [0.2, 0.25) is 10.0 Å². The molecule has 3 rings (SSSR count). The first kappa shape index (κ1) is 21.4. The van der Waals surface area contributed by atoms with Crippen LogP contribution in [0, 0.1) is 5.82 Å². The number of amides is 1. The van der Waals surface area contributed by atoms with Crippen LogP contribution in [-0.2, 0) is 10.0 Å². The molecule has 0 spiro atoms. The molecule has 1 N–H and O–H groups in total. The lowest BCUT2D eigenvalue weighted by Gasteiger charge is -2.20. The van der Waals surface area contributed by atoms with E-state index in [-0.39, 0.29) is 4.90 Å². The van der Waals surface area contributed by atoms with Gasteiger partial charge in [0.1, 0.15) is 5.82 Å². The van der Waals surface area contributed by atoms with E-state index in [1.165, 1.54) is 39.9 Å². The number of hydrogen-bond donors (Lipinski definition) is 1. The molecule has 0 aliphatic heterocycles. The van der Waals surface area contributed by atoms with Crippen molar-refractivity contribution in [3.63, 3.8) is 0 Å². The van der Waals surface area contributed by atoms with Crippen molar-refractivity contribution in [2.24, 2.45) is 0 Å². The van der Waals surface area contributed by atoms with Crippen LogP contribution < -0.4 is 5.32 Å². The zero-order chi connectivity index (χ0) is 21.0. The standard InChI is InChI=1S/C20H22FN3O3S2/c1-3-11-24(12-4-2)29(26,27)16-9-10-17-18(13-16)28-20(22-17)23-19(25)14-5-7-15(21)8-6-14/h5-10,13H,3-4,11-12H2,1-2H3,(H,22,23,25). The molecule has 1 aromatic heterocycles. The van der Waals surface area contributed by atoms with Gasteiger partial charge in [0, 0.05) is 18.7 Å². The van der Waals surface area contributed by atoms with Gasteiger partial charge in [-0.15, -0.1) is 0 Å². The molecule has 154 valence electrons. The Balaban J connectivity index is 1.86. The number of hydrogen-bond acceptors (Lipinski definition) is 5. The van der Waals surface area contributed by atoms with Crippen molar-refractivity contribution in [2.45, 2.75) is 31.6 Å². The van der Waals surface area contributed by atoms with Gasteiger partial charge in [0.25, 0.3) is 5.91 Å². The third-order valence-corrected chi connectivity index (χ3v) is 7.10. The minimum Gasteiger partial charge on any atom is -0.298 e. The summed E-state index contributed by atoms with van der Waals surface area (Å²) >= 11 is 1.19. The molecule has 6 nitrogen and oxygen atoms in total. The van der Waals surface area contributed by atoms with E-state index in [9.17, 15) is 17.6 Å². The molecule has 0 bridgehead atoms. The largest absolute Gasteiger partial charge is 0.298 e. The monoisotopic (exact) mass is 435 g/mol. The second-order valence-corrected chi connectivity index (χ2v) is 9.48. The Hall–Kier alpha value is -2.36. The van der Waals surface area contributed by atoms with Crippen LogP contribution in [0.1, 0.15) is 37.0 Å². The van der Waals surface area contributed by atoms with Crippen molar-refractivity contribution in [1.29, 1.82) is 0 Å². The van der Waals surface area contributed by atoms with E-state index in [1.807, 2.05) is 13.8 Å². The van der Waals surface area contributed by atoms with Crippen molar-refractivity contribution < 1.29 is 17.6 Å². The summed E-state index contributed by atoms with van der Waals surface area (Å²) in [5.74, 6) is -0.829. The Morgan fingerprint density at radius 1 is 1.10 bits per heavy atom. The van der Waals surface area contributed by atoms with Gasteiger partial charge in [-0.05, 0) is 55.3 Å². The summed E-state index contributed by atoms with van der Waals surface area (Å²) in [5.41, 5.74) is 0.907. The fourth-order valence-corrected chi connectivity index (χ4v) is 5.52. The molecule has 0 unspecified atom stereocenters. The third kappa shape index (κ3) is 4.80. The van der Waals surface area contributed by atoms with Gasteiger partial charge in [-0.25, -0.2) is 17.8 Å². The minimum atomic E-state index is -3.59. The predicted octanol–water partition coefficient (Wildman–Crippen LogP) is 4.50. The van der Waals surface area contributed by atoms with Crippen molar-refractivity contribution in [2.75, 3.05) is 18.4 Å². The number of fused-ring (bicyclic) bond motifs is 1. The summed E-state index contributed by atoms with van der Waals surface area (Å²) in [6.45, 7) is 4.83. The summed E-state index contributed by atoms with van der Waals surface area (Å²) in [4.78, 5) is 16.8. The second kappa shape index (κ2) is 8.98. The molecule has 0 saturated heterocycles. The van der Waals surface area contributed by atoms with E-state index >= 15 is 0 Å². The molecule has 1 heterocycles. The highest BCUT2D eigenvalue weighted by atomic mass is 32.2. The number of carbonyl (C=O) groups is 1. The number of nitrogens with zero attached hydrogens (tertiary/aromatic N) is 2. The van der Waals surface area contributed by atoms with E-state index in [0.29, 0.717) is 34.0 Å². The fraction of sp³-hybridized carbons (Fsp3) is 0.300. The topological polar surface area (TPSA) is 79.4 Å². The van der Waals surface area contributed by atoms with E-state index in [2.05, 4.69) is 10.3 Å². The molecule has 0 aliphatic rings. The minimum absolute atomic E-state index is 0.215. The van der Waals surface area contributed by atoms with Crippen LogP contribution in [0.5, 0.6) is 0 Å². The second-order valence-electron chi connectivity index (χ2n) is 6.51. The van der Waals surface area contributed by atoms with Crippen molar-refractivity contribution in [3.05, 3.63) is 53.8 Å². The summed E-state index contributed by atoms with van der Waals surface area (Å²) in [6.07, 6.45) is 1.48. The SMILES string of the molecule is CCCN(CCC)S(=O)(=O)c1ccc2nc(NC(=O)c3ccc(F)cc3)sc2c1. The van der Waals surface area contributed by atoms with Crippen LogP contribution in [0.4, 0.5) is 9.52 Å². The molecule has 0 radical (unpaired) electrons. The molecule has 3 aromatic rings. The average molecular weight is 436 g/mol. The smallest absolute Gasteiger partial charge is 0.257 e. The highest BCUT2D eigenvalue weighted by molar-refractivity contribution is 7.89. The first-order valence-electron chi connectivity index (χ1n) is 9.32. The van der Waals surface area contributed by atoms with Gasteiger partial charge in [-0.3, -0.25) is 10.1 Å². The Labute approximate surface area is 173 Å². The van der Waals surface area contributed by atoms with Crippen LogP contribution in [0.2, 0.25) is 0 Å². The number of rotatable bonds is 8. The molecule has 9 heteroatoms. The highest BCUT2D eigenvalue weighted by Gasteiger charge is 2.24. The predicted molar refractivity (Wildman–Crippen MR) is 113 cm³/mol. The summed E-state index contributed by atoms with van der Waals surface area (Å²) < 4.78 is 41.1.